The zero-order valence-corrected chi connectivity index (χ0v) is 14.2. The lowest BCUT2D eigenvalue weighted by atomic mass is 10.0. The molecule has 0 aromatic carbocycles. The van der Waals surface area contributed by atoms with E-state index in [9.17, 15) is 0 Å². The predicted molar refractivity (Wildman–Crippen MR) is 91.8 cm³/mol. The maximum Gasteiger partial charge on any atom is 0.100 e. The summed E-state index contributed by atoms with van der Waals surface area (Å²) in [6.45, 7) is 8.12. The van der Waals surface area contributed by atoms with E-state index in [4.69, 9.17) is 4.99 Å². The van der Waals surface area contributed by atoms with Crippen LogP contribution in [0.15, 0.2) is 4.99 Å². The first-order valence-electron chi connectivity index (χ1n) is 9.34. The van der Waals surface area contributed by atoms with Gasteiger partial charge in [0, 0.05) is 19.5 Å². The van der Waals surface area contributed by atoms with E-state index in [0.717, 1.165) is 12.5 Å². The van der Waals surface area contributed by atoms with Crippen molar-refractivity contribution < 1.29 is 0 Å². The van der Waals surface area contributed by atoms with Crippen LogP contribution in [-0.4, -0.2) is 36.5 Å². The van der Waals surface area contributed by atoms with Crippen LogP contribution in [0.5, 0.6) is 0 Å². The van der Waals surface area contributed by atoms with Crippen molar-refractivity contribution >= 4 is 5.84 Å². The largest absolute Gasteiger partial charge is 0.345 e. The lowest BCUT2D eigenvalue weighted by molar-refractivity contribution is 0.240. The van der Waals surface area contributed by atoms with E-state index >= 15 is 0 Å². The average Bonchev–Trinajstić information content (AvgIpc) is 2.73. The summed E-state index contributed by atoms with van der Waals surface area (Å²) < 4.78 is 0. The predicted octanol–water partition coefficient (Wildman–Crippen LogP) is 4.19. The molecule has 3 nitrogen and oxygen atoms in total. The molecule has 3 heteroatoms. The third-order valence-corrected chi connectivity index (χ3v) is 5.14. The van der Waals surface area contributed by atoms with Gasteiger partial charge in [-0.3, -0.25) is 10.3 Å². The van der Waals surface area contributed by atoms with Crippen LogP contribution in [0.3, 0.4) is 0 Å². The van der Waals surface area contributed by atoms with Crippen LogP contribution in [0.4, 0.5) is 0 Å². The fraction of sp³-hybridized carbons (Fsp3) is 0.944. The van der Waals surface area contributed by atoms with Gasteiger partial charge in [-0.15, -0.1) is 0 Å². The van der Waals surface area contributed by atoms with Crippen LogP contribution in [0.25, 0.3) is 0 Å². The van der Waals surface area contributed by atoms with Gasteiger partial charge in [0.2, 0.25) is 0 Å². The maximum absolute atomic E-state index is 4.75. The second-order valence-corrected chi connectivity index (χ2v) is 6.92. The second-order valence-electron chi connectivity index (χ2n) is 6.92. The standard InChI is InChI=1S/C18H35N3/c1-3-16(2)10-5-4-8-13-19-17-11-6-7-12-18-20-14-9-15-21(17)18/h16-17,19H,3-15H2,1-2H3. The molecule has 1 saturated heterocycles. The number of aliphatic imine (C=N–C) groups is 1. The highest BCUT2D eigenvalue weighted by Gasteiger charge is 2.25. The van der Waals surface area contributed by atoms with Gasteiger partial charge < -0.3 is 4.90 Å². The molecule has 1 fully saturated rings. The van der Waals surface area contributed by atoms with E-state index < -0.39 is 0 Å². The highest BCUT2D eigenvalue weighted by atomic mass is 15.3. The monoisotopic (exact) mass is 293 g/mol. The van der Waals surface area contributed by atoms with E-state index in [2.05, 4.69) is 24.1 Å². The number of unbranched alkanes of at least 4 members (excludes halogenated alkanes) is 2. The Hall–Kier alpha value is -0.570. The molecule has 0 bridgehead atoms. The molecule has 2 rings (SSSR count). The summed E-state index contributed by atoms with van der Waals surface area (Å²) in [5, 5.41) is 3.81. The minimum absolute atomic E-state index is 0.557. The number of fused-ring (bicyclic) bond motifs is 1. The molecule has 0 aromatic heterocycles. The van der Waals surface area contributed by atoms with Crippen molar-refractivity contribution in [3.8, 4) is 0 Å². The summed E-state index contributed by atoms with van der Waals surface area (Å²) in [6, 6.07) is 0. The molecular weight excluding hydrogens is 258 g/mol. The van der Waals surface area contributed by atoms with E-state index in [1.807, 2.05) is 0 Å². The van der Waals surface area contributed by atoms with Crippen LogP contribution in [0.1, 0.15) is 78.1 Å². The zero-order chi connectivity index (χ0) is 14.9. The van der Waals surface area contributed by atoms with E-state index in [-0.39, 0.29) is 0 Å². The van der Waals surface area contributed by atoms with Crippen LogP contribution < -0.4 is 5.32 Å². The molecule has 0 amide bonds. The molecule has 2 unspecified atom stereocenters. The molecule has 0 saturated carbocycles. The molecule has 0 aliphatic carbocycles. The zero-order valence-electron chi connectivity index (χ0n) is 14.2. The van der Waals surface area contributed by atoms with Crippen LogP contribution in [0, 0.1) is 5.92 Å². The van der Waals surface area contributed by atoms with E-state index in [1.54, 1.807) is 0 Å². The number of hydrogen-bond donors (Lipinski definition) is 1. The molecule has 2 aliphatic heterocycles. The molecule has 0 aromatic rings. The summed E-state index contributed by atoms with van der Waals surface area (Å²) in [4.78, 5) is 7.32. The Bertz CT molecular complexity index is 314. The van der Waals surface area contributed by atoms with Crippen molar-refractivity contribution in [3.63, 3.8) is 0 Å². The molecule has 1 N–H and O–H groups in total. The third kappa shape index (κ3) is 5.61. The van der Waals surface area contributed by atoms with Crippen molar-refractivity contribution in [2.24, 2.45) is 10.9 Å². The fourth-order valence-electron chi connectivity index (χ4n) is 3.48. The van der Waals surface area contributed by atoms with Crippen molar-refractivity contribution in [2.45, 2.75) is 84.2 Å². The lowest BCUT2D eigenvalue weighted by Crippen LogP contribution is -2.50. The average molecular weight is 293 g/mol. The van der Waals surface area contributed by atoms with Gasteiger partial charge in [-0.1, -0.05) is 39.5 Å². The Morgan fingerprint density at radius 1 is 1.24 bits per heavy atom. The number of rotatable bonds is 8. The Kier molecular flexibility index (Phi) is 7.56. The number of amidine groups is 1. The van der Waals surface area contributed by atoms with Gasteiger partial charge in [-0.2, -0.15) is 0 Å². The minimum atomic E-state index is 0.557. The first-order valence-corrected chi connectivity index (χ1v) is 9.34. The van der Waals surface area contributed by atoms with Gasteiger partial charge in [0.25, 0.3) is 0 Å². The normalized spacial score (nSPS) is 24.2. The van der Waals surface area contributed by atoms with Crippen molar-refractivity contribution in [1.29, 1.82) is 0 Å². The molecule has 0 spiro atoms. The van der Waals surface area contributed by atoms with Crippen molar-refractivity contribution in [3.05, 3.63) is 0 Å². The molecular formula is C18H35N3. The minimum Gasteiger partial charge on any atom is -0.345 e. The fourth-order valence-corrected chi connectivity index (χ4v) is 3.48. The topological polar surface area (TPSA) is 27.6 Å². The Morgan fingerprint density at radius 2 is 2.14 bits per heavy atom. The number of nitrogens with zero attached hydrogens (tertiary/aromatic N) is 2. The Labute approximate surface area is 131 Å². The van der Waals surface area contributed by atoms with Crippen molar-refractivity contribution in [1.82, 2.24) is 10.2 Å². The first kappa shape index (κ1) is 16.8. The van der Waals surface area contributed by atoms with Gasteiger partial charge >= 0.3 is 0 Å². The van der Waals surface area contributed by atoms with Gasteiger partial charge in [0.15, 0.2) is 0 Å². The highest BCUT2D eigenvalue weighted by Crippen LogP contribution is 2.20. The summed E-state index contributed by atoms with van der Waals surface area (Å²) in [7, 11) is 0. The summed E-state index contributed by atoms with van der Waals surface area (Å²) in [6.07, 6.45) is 13.8. The van der Waals surface area contributed by atoms with Gasteiger partial charge in [0.1, 0.15) is 5.84 Å². The van der Waals surface area contributed by atoms with Gasteiger partial charge in [-0.25, -0.2) is 0 Å². The van der Waals surface area contributed by atoms with Crippen LogP contribution in [0.2, 0.25) is 0 Å². The molecule has 2 aliphatic rings. The van der Waals surface area contributed by atoms with Crippen LogP contribution in [-0.2, 0) is 0 Å². The summed E-state index contributed by atoms with van der Waals surface area (Å²) in [5.41, 5.74) is 0. The maximum atomic E-state index is 4.75. The second kappa shape index (κ2) is 9.45. The lowest BCUT2D eigenvalue weighted by Gasteiger charge is -2.35. The van der Waals surface area contributed by atoms with Crippen LogP contribution >= 0.6 is 0 Å². The SMILES string of the molecule is CCC(C)CCCCCNC1CCCCC2=NCCCN21. The van der Waals surface area contributed by atoms with E-state index in [1.165, 1.54) is 83.1 Å². The molecule has 2 heterocycles. The third-order valence-electron chi connectivity index (χ3n) is 5.14. The molecule has 21 heavy (non-hydrogen) atoms. The molecule has 122 valence electrons. The number of hydrogen-bond acceptors (Lipinski definition) is 3. The highest BCUT2D eigenvalue weighted by molar-refractivity contribution is 5.83. The summed E-state index contributed by atoms with van der Waals surface area (Å²) >= 11 is 0. The molecule has 2 atom stereocenters. The first-order chi connectivity index (χ1) is 10.3. The Balaban J connectivity index is 1.64. The number of nitrogens with one attached hydrogen (secondary N) is 1. The van der Waals surface area contributed by atoms with Gasteiger partial charge in [0.05, 0.1) is 6.17 Å². The quantitative estimate of drug-likeness (QED) is 0.680. The Morgan fingerprint density at radius 3 is 3.00 bits per heavy atom. The van der Waals surface area contributed by atoms with Gasteiger partial charge in [-0.05, 0) is 44.6 Å². The van der Waals surface area contributed by atoms with E-state index in [0.29, 0.717) is 6.17 Å². The van der Waals surface area contributed by atoms with Crippen molar-refractivity contribution in [2.75, 3.05) is 19.6 Å². The molecule has 0 radical (unpaired) electrons. The smallest absolute Gasteiger partial charge is 0.100 e. The summed E-state index contributed by atoms with van der Waals surface area (Å²) in [5.74, 6) is 2.29.